The quantitative estimate of drug-likeness (QED) is 0.656. The molecule has 2 nitrogen and oxygen atoms in total. The van der Waals surface area contributed by atoms with E-state index in [1.807, 2.05) is 30.3 Å². The van der Waals surface area contributed by atoms with Gasteiger partial charge in [-0.15, -0.1) is 6.42 Å². The number of hydrogen-bond acceptors (Lipinski definition) is 2. The standard InChI is InChI=1S/C16H13NO/c1-2-15(17)13-10-6-7-11-14(13)16(18)12-8-4-3-5-9-12/h1,3-11,15H,17H2. The molecule has 2 aromatic carbocycles. The monoisotopic (exact) mass is 235 g/mol. The molecular formula is C16H13NO. The average Bonchev–Trinajstić information content (AvgIpc) is 2.46. The van der Waals surface area contributed by atoms with Gasteiger partial charge in [-0.2, -0.15) is 0 Å². The Morgan fingerprint density at radius 2 is 1.67 bits per heavy atom. The molecule has 0 saturated carbocycles. The van der Waals surface area contributed by atoms with Gasteiger partial charge in [0.2, 0.25) is 0 Å². The Balaban J connectivity index is 2.47. The Bertz CT molecular complexity index is 596. The SMILES string of the molecule is C#CC(N)c1ccccc1C(=O)c1ccccc1. The average molecular weight is 235 g/mol. The van der Waals surface area contributed by atoms with E-state index in [0.29, 0.717) is 16.7 Å². The first kappa shape index (κ1) is 12.1. The van der Waals surface area contributed by atoms with Crippen molar-refractivity contribution >= 4 is 5.78 Å². The predicted octanol–water partition coefficient (Wildman–Crippen LogP) is 2.55. The molecule has 0 aliphatic heterocycles. The smallest absolute Gasteiger partial charge is 0.193 e. The summed E-state index contributed by atoms with van der Waals surface area (Å²) in [6.45, 7) is 0. The van der Waals surface area contributed by atoms with Gasteiger partial charge in [0.25, 0.3) is 0 Å². The molecule has 0 aromatic heterocycles. The first-order valence-corrected chi connectivity index (χ1v) is 5.64. The molecule has 0 bridgehead atoms. The van der Waals surface area contributed by atoms with Crippen LogP contribution >= 0.6 is 0 Å². The molecule has 0 spiro atoms. The maximum absolute atomic E-state index is 12.4. The summed E-state index contributed by atoms with van der Waals surface area (Å²) < 4.78 is 0. The van der Waals surface area contributed by atoms with E-state index in [2.05, 4.69) is 5.92 Å². The second-order valence-electron chi connectivity index (χ2n) is 3.93. The molecule has 2 N–H and O–H groups in total. The largest absolute Gasteiger partial charge is 0.314 e. The molecule has 0 aliphatic carbocycles. The van der Waals surface area contributed by atoms with E-state index >= 15 is 0 Å². The van der Waals surface area contributed by atoms with Crippen molar-refractivity contribution in [2.75, 3.05) is 0 Å². The summed E-state index contributed by atoms with van der Waals surface area (Å²) >= 11 is 0. The van der Waals surface area contributed by atoms with Gasteiger partial charge in [-0.3, -0.25) is 4.79 Å². The van der Waals surface area contributed by atoms with Gasteiger partial charge in [0.15, 0.2) is 5.78 Å². The number of terminal acetylenes is 1. The summed E-state index contributed by atoms with van der Waals surface area (Å²) in [6, 6.07) is 15.7. The molecule has 1 unspecified atom stereocenters. The summed E-state index contributed by atoms with van der Waals surface area (Å²) in [4.78, 5) is 12.4. The molecule has 2 heteroatoms. The van der Waals surface area contributed by atoms with Crippen LogP contribution in [0.25, 0.3) is 0 Å². The van der Waals surface area contributed by atoms with Crippen molar-refractivity contribution < 1.29 is 4.79 Å². The highest BCUT2D eigenvalue weighted by molar-refractivity contribution is 6.10. The zero-order chi connectivity index (χ0) is 13.0. The van der Waals surface area contributed by atoms with Crippen molar-refractivity contribution in [2.24, 2.45) is 5.73 Å². The van der Waals surface area contributed by atoms with Crippen LogP contribution in [-0.4, -0.2) is 5.78 Å². The minimum absolute atomic E-state index is 0.0584. The van der Waals surface area contributed by atoms with E-state index in [4.69, 9.17) is 12.2 Å². The predicted molar refractivity (Wildman–Crippen MR) is 72.1 cm³/mol. The lowest BCUT2D eigenvalue weighted by Crippen LogP contribution is -2.13. The molecule has 18 heavy (non-hydrogen) atoms. The van der Waals surface area contributed by atoms with Crippen LogP contribution in [0.4, 0.5) is 0 Å². The Labute approximate surface area is 106 Å². The lowest BCUT2D eigenvalue weighted by atomic mass is 9.95. The molecule has 0 aliphatic rings. The fraction of sp³-hybridized carbons (Fsp3) is 0.0625. The minimum Gasteiger partial charge on any atom is -0.314 e. The molecule has 2 aromatic rings. The fourth-order valence-electron chi connectivity index (χ4n) is 1.81. The van der Waals surface area contributed by atoms with Crippen LogP contribution in [-0.2, 0) is 0 Å². The summed E-state index contributed by atoms with van der Waals surface area (Å²) in [5.74, 6) is 2.40. The normalized spacial score (nSPS) is 11.6. The number of rotatable bonds is 3. The van der Waals surface area contributed by atoms with Crippen molar-refractivity contribution in [3.05, 3.63) is 71.3 Å². The zero-order valence-electron chi connectivity index (χ0n) is 9.84. The second kappa shape index (κ2) is 5.31. The topological polar surface area (TPSA) is 43.1 Å². The zero-order valence-corrected chi connectivity index (χ0v) is 9.84. The van der Waals surface area contributed by atoms with Crippen molar-refractivity contribution in [1.29, 1.82) is 0 Å². The minimum atomic E-state index is -0.561. The second-order valence-corrected chi connectivity index (χ2v) is 3.93. The fourth-order valence-corrected chi connectivity index (χ4v) is 1.81. The first-order valence-electron chi connectivity index (χ1n) is 5.64. The van der Waals surface area contributed by atoms with E-state index in [0.717, 1.165) is 0 Å². The Morgan fingerprint density at radius 3 is 2.33 bits per heavy atom. The Morgan fingerprint density at radius 1 is 1.06 bits per heavy atom. The van der Waals surface area contributed by atoms with E-state index in [1.165, 1.54) is 0 Å². The molecule has 2 rings (SSSR count). The third kappa shape index (κ3) is 2.32. The molecule has 88 valence electrons. The van der Waals surface area contributed by atoms with Crippen LogP contribution in [0.2, 0.25) is 0 Å². The molecule has 0 fully saturated rings. The number of nitrogens with two attached hydrogens (primary N) is 1. The van der Waals surface area contributed by atoms with Crippen LogP contribution in [0.1, 0.15) is 27.5 Å². The van der Waals surface area contributed by atoms with Gasteiger partial charge in [0.1, 0.15) is 0 Å². The summed E-state index contributed by atoms with van der Waals surface area (Å²) in [7, 11) is 0. The number of hydrogen-bond donors (Lipinski definition) is 1. The molecule has 0 heterocycles. The number of carbonyl (C=O) groups is 1. The third-order valence-electron chi connectivity index (χ3n) is 2.76. The van der Waals surface area contributed by atoms with E-state index in [1.54, 1.807) is 24.3 Å². The molecule has 0 amide bonds. The van der Waals surface area contributed by atoms with Crippen molar-refractivity contribution in [3.8, 4) is 12.3 Å². The summed E-state index contributed by atoms with van der Waals surface area (Å²) in [6.07, 6.45) is 5.33. The molecule has 0 radical (unpaired) electrons. The van der Waals surface area contributed by atoms with Gasteiger partial charge in [0, 0.05) is 11.1 Å². The molecular weight excluding hydrogens is 222 g/mol. The molecule has 0 saturated heterocycles. The van der Waals surface area contributed by atoms with Crippen molar-refractivity contribution in [3.63, 3.8) is 0 Å². The van der Waals surface area contributed by atoms with Crippen LogP contribution < -0.4 is 5.73 Å². The highest BCUT2D eigenvalue weighted by atomic mass is 16.1. The van der Waals surface area contributed by atoms with Gasteiger partial charge in [-0.25, -0.2) is 0 Å². The third-order valence-corrected chi connectivity index (χ3v) is 2.76. The van der Waals surface area contributed by atoms with Crippen molar-refractivity contribution in [1.82, 2.24) is 0 Å². The Hall–Kier alpha value is -2.37. The van der Waals surface area contributed by atoms with Gasteiger partial charge >= 0.3 is 0 Å². The summed E-state index contributed by atoms with van der Waals surface area (Å²) in [5, 5.41) is 0. The maximum atomic E-state index is 12.4. The van der Waals surface area contributed by atoms with Gasteiger partial charge in [-0.1, -0.05) is 60.5 Å². The maximum Gasteiger partial charge on any atom is 0.193 e. The lowest BCUT2D eigenvalue weighted by molar-refractivity contribution is 0.103. The first-order chi connectivity index (χ1) is 8.74. The van der Waals surface area contributed by atoms with Gasteiger partial charge in [-0.05, 0) is 5.56 Å². The van der Waals surface area contributed by atoms with Gasteiger partial charge in [0.05, 0.1) is 6.04 Å². The van der Waals surface area contributed by atoms with Crippen LogP contribution in [0, 0.1) is 12.3 Å². The molecule has 1 atom stereocenters. The van der Waals surface area contributed by atoms with Crippen LogP contribution in [0.3, 0.4) is 0 Å². The lowest BCUT2D eigenvalue weighted by Gasteiger charge is -2.10. The summed E-state index contributed by atoms with van der Waals surface area (Å²) in [5.41, 5.74) is 7.71. The highest BCUT2D eigenvalue weighted by Gasteiger charge is 2.15. The van der Waals surface area contributed by atoms with Crippen LogP contribution in [0.15, 0.2) is 54.6 Å². The Kier molecular flexibility index (Phi) is 3.57. The number of carbonyl (C=O) groups excluding carboxylic acids is 1. The number of benzene rings is 2. The van der Waals surface area contributed by atoms with Crippen molar-refractivity contribution in [2.45, 2.75) is 6.04 Å². The van der Waals surface area contributed by atoms with Gasteiger partial charge < -0.3 is 5.73 Å². The van der Waals surface area contributed by atoms with E-state index < -0.39 is 6.04 Å². The highest BCUT2D eigenvalue weighted by Crippen LogP contribution is 2.19. The van der Waals surface area contributed by atoms with E-state index in [9.17, 15) is 4.79 Å². The van der Waals surface area contributed by atoms with E-state index in [-0.39, 0.29) is 5.78 Å². The number of ketones is 1. The van der Waals surface area contributed by atoms with Crippen LogP contribution in [0.5, 0.6) is 0 Å².